The summed E-state index contributed by atoms with van der Waals surface area (Å²) < 4.78 is 2.23. The van der Waals surface area contributed by atoms with Gasteiger partial charge >= 0.3 is 0 Å². The second-order valence-corrected chi connectivity index (χ2v) is 7.87. The van der Waals surface area contributed by atoms with Crippen molar-refractivity contribution in [2.24, 2.45) is 11.1 Å². The van der Waals surface area contributed by atoms with Crippen LogP contribution in [0.2, 0.25) is 0 Å². The molecule has 5 heteroatoms. The molecule has 0 spiro atoms. The van der Waals surface area contributed by atoms with E-state index in [1.54, 1.807) is 11.3 Å². The quantitative estimate of drug-likeness (QED) is 0.942. The van der Waals surface area contributed by atoms with Crippen molar-refractivity contribution in [1.29, 1.82) is 0 Å². The Morgan fingerprint density at radius 1 is 1.48 bits per heavy atom. The summed E-state index contributed by atoms with van der Waals surface area (Å²) in [4.78, 5) is 8.46. The molecule has 4 nitrogen and oxygen atoms in total. The molecule has 0 bridgehead atoms. The van der Waals surface area contributed by atoms with Crippen LogP contribution in [-0.2, 0) is 6.42 Å². The van der Waals surface area contributed by atoms with Crippen LogP contribution in [0.4, 0.5) is 5.82 Å². The van der Waals surface area contributed by atoms with E-state index in [1.807, 2.05) is 0 Å². The van der Waals surface area contributed by atoms with Crippen molar-refractivity contribution in [3.63, 3.8) is 0 Å². The Labute approximate surface area is 131 Å². The van der Waals surface area contributed by atoms with E-state index in [4.69, 9.17) is 10.7 Å². The number of fused-ring (bicyclic) bond motifs is 1. The van der Waals surface area contributed by atoms with Crippen molar-refractivity contribution in [3.8, 4) is 0 Å². The summed E-state index contributed by atoms with van der Waals surface area (Å²) in [6.07, 6.45) is 6.58. The number of nitrogens with two attached hydrogens (primary N) is 1. The van der Waals surface area contributed by atoms with Gasteiger partial charge in [-0.2, -0.15) is 0 Å². The van der Waals surface area contributed by atoms with Gasteiger partial charge in [0.25, 0.3) is 0 Å². The fraction of sp³-hybridized carbons (Fsp3) is 0.688. The number of nitrogens with zero attached hydrogens (tertiary/aromatic N) is 3. The predicted octanol–water partition coefficient (Wildman–Crippen LogP) is 3.30. The van der Waals surface area contributed by atoms with Crippen LogP contribution in [0.5, 0.6) is 0 Å². The highest BCUT2D eigenvalue weighted by Gasteiger charge is 2.30. The Hall–Kier alpha value is -1.07. The molecule has 1 aliphatic heterocycles. The van der Waals surface area contributed by atoms with Crippen molar-refractivity contribution >= 4 is 22.1 Å². The van der Waals surface area contributed by atoms with Crippen LogP contribution in [0.25, 0.3) is 4.96 Å². The molecule has 21 heavy (non-hydrogen) atoms. The maximum atomic E-state index is 6.22. The predicted molar refractivity (Wildman–Crippen MR) is 90.3 cm³/mol. The van der Waals surface area contributed by atoms with Crippen LogP contribution < -0.4 is 10.6 Å². The summed E-state index contributed by atoms with van der Waals surface area (Å²) in [5.74, 6) is 1.17. The molecule has 0 radical (unpaired) electrons. The maximum Gasteiger partial charge on any atom is 0.195 e. The monoisotopic (exact) mass is 306 g/mol. The summed E-state index contributed by atoms with van der Waals surface area (Å²) in [6.45, 7) is 9.07. The average molecular weight is 306 g/mol. The SMILES string of the molecule is CCC(N)Cc1c(N2CCCC(C)(C)C2)nc2sccn12. The van der Waals surface area contributed by atoms with Crippen molar-refractivity contribution in [1.82, 2.24) is 9.38 Å². The Kier molecular flexibility index (Phi) is 3.97. The zero-order valence-electron chi connectivity index (χ0n) is 13.3. The topological polar surface area (TPSA) is 46.6 Å². The minimum absolute atomic E-state index is 0.210. The molecule has 2 aromatic rings. The smallest absolute Gasteiger partial charge is 0.195 e. The summed E-state index contributed by atoms with van der Waals surface area (Å²) in [5, 5.41) is 2.10. The van der Waals surface area contributed by atoms with Gasteiger partial charge in [0, 0.05) is 37.1 Å². The van der Waals surface area contributed by atoms with Gasteiger partial charge in [-0.05, 0) is 24.7 Å². The molecule has 2 N–H and O–H groups in total. The van der Waals surface area contributed by atoms with Crippen molar-refractivity contribution in [3.05, 3.63) is 17.3 Å². The van der Waals surface area contributed by atoms with Gasteiger partial charge in [-0.3, -0.25) is 4.40 Å². The van der Waals surface area contributed by atoms with Crippen LogP contribution in [0, 0.1) is 5.41 Å². The molecule has 0 saturated carbocycles. The van der Waals surface area contributed by atoms with Gasteiger partial charge in [0.2, 0.25) is 0 Å². The zero-order valence-corrected chi connectivity index (χ0v) is 14.1. The van der Waals surface area contributed by atoms with Crippen LogP contribution in [0.15, 0.2) is 11.6 Å². The number of piperidine rings is 1. The molecular weight excluding hydrogens is 280 g/mol. The lowest BCUT2D eigenvalue weighted by Gasteiger charge is -2.38. The lowest BCUT2D eigenvalue weighted by Crippen LogP contribution is -2.41. The van der Waals surface area contributed by atoms with Crippen LogP contribution in [-0.4, -0.2) is 28.5 Å². The van der Waals surface area contributed by atoms with Gasteiger partial charge in [0.15, 0.2) is 10.8 Å². The minimum Gasteiger partial charge on any atom is -0.355 e. The molecule has 3 rings (SSSR count). The van der Waals surface area contributed by atoms with E-state index < -0.39 is 0 Å². The Morgan fingerprint density at radius 2 is 2.29 bits per heavy atom. The third-order valence-corrected chi connectivity index (χ3v) is 5.28. The van der Waals surface area contributed by atoms with E-state index in [9.17, 15) is 0 Å². The van der Waals surface area contributed by atoms with E-state index in [0.717, 1.165) is 30.9 Å². The molecule has 1 saturated heterocycles. The normalized spacial score (nSPS) is 20.1. The standard InChI is InChI=1S/C16H26N4S/c1-4-12(17)10-13-14(18-15-20(13)8-9-21-15)19-7-5-6-16(2,3)11-19/h8-9,12H,4-7,10-11,17H2,1-3H3. The number of hydrogen-bond donors (Lipinski definition) is 1. The molecule has 2 aromatic heterocycles. The van der Waals surface area contributed by atoms with Gasteiger partial charge in [0.05, 0.1) is 5.69 Å². The zero-order chi connectivity index (χ0) is 15.0. The summed E-state index contributed by atoms with van der Waals surface area (Å²) >= 11 is 1.71. The first-order chi connectivity index (χ1) is 10.00. The van der Waals surface area contributed by atoms with Crippen molar-refractivity contribution in [2.45, 2.75) is 52.5 Å². The third-order valence-electron chi connectivity index (χ3n) is 4.52. The highest BCUT2D eigenvalue weighted by Crippen LogP contribution is 2.34. The molecule has 1 unspecified atom stereocenters. The number of thiazole rings is 1. The fourth-order valence-electron chi connectivity index (χ4n) is 3.26. The van der Waals surface area contributed by atoms with E-state index in [1.165, 1.54) is 24.4 Å². The molecule has 3 heterocycles. The van der Waals surface area contributed by atoms with Crippen LogP contribution in [0.1, 0.15) is 45.7 Å². The molecule has 0 amide bonds. The minimum atomic E-state index is 0.210. The fourth-order valence-corrected chi connectivity index (χ4v) is 3.99. The molecule has 0 aliphatic carbocycles. The molecule has 0 aromatic carbocycles. The second-order valence-electron chi connectivity index (χ2n) is 7.00. The first-order valence-corrected chi connectivity index (χ1v) is 8.83. The third kappa shape index (κ3) is 2.94. The Balaban J connectivity index is 1.97. The van der Waals surface area contributed by atoms with Crippen LogP contribution >= 0.6 is 11.3 Å². The first-order valence-electron chi connectivity index (χ1n) is 7.95. The maximum absolute atomic E-state index is 6.22. The van der Waals surface area contributed by atoms with E-state index in [-0.39, 0.29) is 6.04 Å². The number of rotatable bonds is 4. The van der Waals surface area contributed by atoms with Gasteiger partial charge in [-0.15, -0.1) is 11.3 Å². The molecular formula is C16H26N4S. The highest BCUT2D eigenvalue weighted by atomic mass is 32.1. The number of aromatic nitrogens is 2. The van der Waals surface area contributed by atoms with E-state index in [2.05, 4.69) is 41.6 Å². The molecule has 116 valence electrons. The highest BCUT2D eigenvalue weighted by molar-refractivity contribution is 7.15. The number of hydrogen-bond acceptors (Lipinski definition) is 4. The lowest BCUT2D eigenvalue weighted by atomic mass is 9.84. The summed E-state index contributed by atoms with van der Waals surface area (Å²) in [5.41, 5.74) is 7.88. The largest absolute Gasteiger partial charge is 0.355 e. The number of anilines is 1. The Morgan fingerprint density at radius 3 is 3.00 bits per heavy atom. The average Bonchev–Trinajstić information content (AvgIpc) is 3.00. The summed E-state index contributed by atoms with van der Waals surface area (Å²) in [7, 11) is 0. The second kappa shape index (κ2) is 5.61. The van der Waals surface area contributed by atoms with E-state index >= 15 is 0 Å². The number of imidazole rings is 1. The molecule has 1 atom stereocenters. The van der Waals surface area contributed by atoms with Crippen LogP contribution in [0.3, 0.4) is 0 Å². The first kappa shape index (κ1) is 14.9. The molecule has 1 aliphatic rings. The van der Waals surface area contributed by atoms with Gasteiger partial charge in [0.1, 0.15) is 0 Å². The summed E-state index contributed by atoms with van der Waals surface area (Å²) in [6, 6.07) is 0.210. The Bertz CT molecular complexity index is 613. The molecule has 1 fully saturated rings. The van der Waals surface area contributed by atoms with Gasteiger partial charge < -0.3 is 10.6 Å². The lowest BCUT2D eigenvalue weighted by molar-refractivity contribution is 0.292. The van der Waals surface area contributed by atoms with Crippen molar-refractivity contribution in [2.75, 3.05) is 18.0 Å². The van der Waals surface area contributed by atoms with Gasteiger partial charge in [-0.1, -0.05) is 20.8 Å². The van der Waals surface area contributed by atoms with E-state index in [0.29, 0.717) is 5.41 Å². The van der Waals surface area contributed by atoms with Gasteiger partial charge in [-0.25, -0.2) is 4.98 Å². The van der Waals surface area contributed by atoms with Crippen molar-refractivity contribution < 1.29 is 0 Å².